The highest BCUT2D eigenvalue weighted by Crippen LogP contribution is 2.33. The van der Waals surface area contributed by atoms with Gasteiger partial charge in [-0.2, -0.15) is 0 Å². The smallest absolute Gasteiger partial charge is 0.353 e. The number of aromatic nitrogens is 3. The van der Waals surface area contributed by atoms with Crippen molar-refractivity contribution in [3.05, 3.63) is 75.4 Å². The first-order valence-corrected chi connectivity index (χ1v) is 9.47. The molecule has 0 bridgehead atoms. The zero-order chi connectivity index (χ0) is 19.3. The molecule has 8 nitrogen and oxygen atoms in total. The van der Waals surface area contributed by atoms with Crippen LogP contribution in [0, 0.1) is 10.1 Å². The Labute approximate surface area is 164 Å². The van der Waals surface area contributed by atoms with E-state index in [0.29, 0.717) is 12.2 Å². The molecule has 3 heterocycles. The highest BCUT2D eigenvalue weighted by molar-refractivity contribution is 7.09. The SMILES string of the molecule is O=[N+]([O-])c1c(NCCc2cccs2)ncnc1Nc1cccc2ncccc12. The topological polar surface area (TPSA) is 106 Å². The van der Waals surface area contributed by atoms with Crippen molar-refractivity contribution in [1.29, 1.82) is 0 Å². The largest absolute Gasteiger partial charge is 0.364 e. The van der Waals surface area contributed by atoms with Crippen LogP contribution in [0.3, 0.4) is 0 Å². The minimum Gasteiger partial charge on any atom is -0.364 e. The predicted molar refractivity (Wildman–Crippen MR) is 110 cm³/mol. The Morgan fingerprint density at radius 2 is 1.93 bits per heavy atom. The van der Waals surface area contributed by atoms with Crippen molar-refractivity contribution in [2.24, 2.45) is 0 Å². The number of benzene rings is 1. The van der Waals surface area contributed by atoms with Crippen LogP contribution in [0.5, 0.6) is 0 Å². The number of nitrogens with one attached hydrogen (secondary N) is 2. The van der Waals surface area contributed by atoms with E-state index in [1.165, 1.54) is 11.2 Å². The summed E-state index contributed by atoms with van der Waals surface area (Å²) in [4.78, 5) is 24.9. The van der Waals surface area contributed by atoms with Gasteiger partial charge in [0.05, 0.1) is 10.4 Å². The molecule has 0 aliphatic rings. The molecule has 140 valence electrons. The van der Waals surface area contributed by atoms with Crippen LogP contribution in [0.1, 0.15) is 4.88 Å². The highest BCUT2D eigenvalue weighted by atomic mass is 32.1. The van der Waals surface area contributed by atoms with Crippen LogP contribution < -0.4 is 10.6 Å². The molecule has 0 fully saturated rings. The number of fused-ring (bicyclic) bond motifs is 1. The van der Waals surface area contributed by atoms with Gasteiger partial charge in [0.25, 0.3) is 0 Å². The van der Waals surface area contributed by atoms with Crippen molar-refractivity contribution in [2.75, 3.05) is 17.2 Å². The van der Waals surface area contributed by atoms with Crippen LogP contribution in [0.25, 0.3) is 10.9 Å². The van der Waals surface area contributed by atoms with Gasteiger partial charge in [0.15, 0.2) is 0 Å². The standard InChI is InChI=1S/C19H16N6O2S/c26-25(27)17-18(21-10-8-13-4-3-11-28-13)22-12-23-19(17)24-16-7-1-6-15-14(16)5-2-9-20-15/h1-7,9,11-12H,8,10H2,(H2,21,22,23,24). The molecule has 3 aromatic heterocycles. The number of rotatable bonds is 7. The fraction of sp³-hybridized carbons (Fsp3) is 0.105. The average molecular weight is 392 g/mol. The quantitative estimate of drug-likeness (QED) is 0.355. The maximum absolute atomic E-state index is 11.7. The molecule has 0 aliphatic heterocycles. The molecule has 0 aliphatic carbocycles. The van der Waals surface area contributed by atoms with Crippen LogP contribution in [0.15, 0.2) is 60.4 Å². The molecule has 1 aromatic carbocycles. The molecular weight excluding hydrogens is 376 g/mol. The van der Waals surface area contributed by atoms with Gasteiger partial charge in [0, 0.05) is 28.7 Å². The molecule has 0 radical (unpaired) electrons. The van der Waals surface area contributed by atoms with E-state index < -0.39 is 4.92 Å². The van der Waals surface area contributed by atoms with Gasteiger partial charge in [0.2, 0.25) is 11.6 Å². The molecular formula is C19H16N6O2S. The summed E-state index contributed by atoms with van der Waals surface area (Å²) in [5, 5.41) is 20.7. The summed E-state index contributed by atoms with van der Waals surface area (Å²) in [5.41, 5.74) is 1.30. The molecule has 0 saturated carbocycles. The Kier molecular flexibility index (Phi) is 5.07. The number of hydrogen-bond acceptors (Lipinski definition) is 8. The Bertz CT molecular complexity index is 1110. The maximum Gasteiger partial charge on any atom is 0.353 e. The Morgan fingerprint density at radius 3 is 2.75 bits per heavy atom. The van der Waals surface area contributed by atoms with E-state index in [2.05, 4.69) is 25.6 Å². The second-order valence-electron chi connectivity index (χ2n) is 5.93. The minimum absolute atomic E-state index is 0.134. The highest BCUT2D eigenvalue weighted by Gasteiger charge is 2.23. The molecule has 0 amide bonds. The first-order chi connectivity index (χ1) is 13.7. The number of nitro groups is 1. The van der Waals surface area contributed by atoms with E-state index in [0.717, 1.165) is 17.3 Å². The van der Waals surface area contributed by atoms with Crippen LogP contribution >= 0.6 is 11.3 Å². The van der Waals surface area contributed by atoms with Crippen molar-refractivity contribution in [3.63, 3.8) is 0 Å². The number of pyridine rings is 1. The number of anilines is 3. The molecule has 0 atom stereocenters. The van der Waals surface area contributed by atoms with Crippen molar-refractivity contribution in [2.45, 2.75) is 6.42 Å². The second-order valence-corrected chi connectivity index (χ2v) is 6.97. The lowest BCUT2D eigenvalue weighted by Crippen LogP contribution is -2.10. The minimum atomic E-state index is -0.473. The summed E-state index contributed by atoms with van der Waals surface area (Å²) in [6.07, 6.45) is 3.78. The molecule has 2 N–H and O–H groups in total. The summed E-state index contributed by atoms with van der Waals surface area (Å²) in [7, 11) is 0. The maximum atomic E-state index is 11.7. The Morgan fingerprint density at radius 1 is 1.04 bits per heavy atom. The van der Waals surface area contributed by atoms with Crippen LogP contribution in [0.4, 0.5) is 23.0 Å². The summed E-state index contributed by atoms with van der Waals surface area (Å²) in [6.45, 7) is 0.538. The monoisotopic (exact) mass is 392 g/mol. The first-order valence-electron chi connectivity index (χ1n) is 8.59. The lowest BCUT2D eigenvalue weighted by Gasteiger charge is -2.11. The van der Waals surface area contributed by atoms with E-state index in [4.69, 9.17) is 0 Å². The van der Waals surface area contributed by atoms with E-state index in [1.54, 1.807) is 17.5 Å². The van der Waals surface area contributed by atoms with Crippen molar-refractivity contribution >= 4 is 45.3 Å². The Balaban J connectivity index is 1.62. The first kappa shape index (κ1) is 17.8. The lowest BCUT2D eigenvalue weighted by molar-refractivity contribution is -0.383. The molecule has 28 heavy (non-hydrogen) atoms. The van der Waals surface area contributed by atoms with E-state index in [9.17, 15) is 10.1 Å². The third-order valence-electron chi connectivity index (χ3n) is 4.15. The van der Waals surface area contributed by atoms with Gasteiger partial charge in [0.1, 0.15) is 6.33 Å². The molecule has 0 spiro atoms. The van der Waals surface area contributed by atoms with Gasteiger partial charge in [-0.1, -0.05) is 12.1 Å². The average Bonchev–Trinajstić information content (AvgIpc) is 3.22. The summed E-state index contributed by atoms with van der Waals surface area (Å²) < 4.78 is 0. The molecule has 0 unspecified atom stereocenters. The van der Waals surface area contributed by atoms with Crippen molar-refractivity contribution in [3.8, 4) is 0 Å². The lowest BCUT2D eigenvalue weighted by atomic mass is 10.2. The van der Waals surface area contributed by atoms with Crippen LogP contribution in [-0.2, 0) is 6.42 Å². The van der Waals surface area contributed by atoms with Crippen molar-refractivity contribution < 1.29 is 4.92 Å². The van der Waals surface area contributed by atoms with Gasteiger partial charge in [-0.15, -0.1) is 11.3 Å². The van der Waals surface area contributed by atoms with Crippen LogP contribution in [-0.4, -0.2) is 26.4 Å². The van der Waals surface area contributed by atoms with Crippen LogP contribution in [0.2, 0.25) is 0 Å². The summed E-state index contributed by atoms with van der Waals surface area (Å²) >= 11 is 1.65. The summed E-state index contributed by atoms with van der Waals surface area (Å²) in [6, 6.07) is 13.3. The second kappa shape index (κ2) is 7.97. The predicted octanol–water partition coefficient (Wildman–Crippen LogP) is 4.39. The zero-order valence-electron chi connectivity index (χ0n) is 14.7. The van der Waals surface area contributed by atoms with Gasteiger partial charge < -0.3 is 10.6 Å². The normalized spacial score (nSPS) is 10.7. The third-order valence-corrected chi connectivity index (χ3v) is 5.08. The number of hydrogen-bond donors (Lipinski definition) is 2. The zero-order valence-corrected chi connectivity index (χ0v) is 15.5. The van der Waals surface area contributed by atoms with E-state index >= 15 is 0 Å². The van der Waals surface area contributed by atoms with E-state index in [-0.39, 0.29) is 17.3 Å². The third kappa shape index (κ3) is 3.74. The number of nitrogens with zero attached hydrogens (tertiary/aromatic N) is 4. The molecule has 4 aromatic rings. The molecule has 0 saturated heterocycles. The van der Waals surface area contributed by atoms with Gasteiger partial charge in [-0.3, -0.25) is 15.1 Å². The van der Waals surface area contributed by atoms with E-state index in [1.807, 2.05) is 47.8 Å². The van der Waals surface area contributed by atoms with Crippen molar-refractivity contribution in [1.82, 2.24) is 15.0 Å². The molecule has 9 heteroatoms. The van der Waals surface area contributed by atoms with Gasteiger partial charge in [-0.05, 0) is 42.1 Å². The fourth-order valence-corrected chi connectivity index (χ4v) is 3.58. The van der Waals surface area contributed by atoms with Gasteiger partial charge in [-0.25, -0.2) is 9.97 Å². The summed E-state index contributed by atoms with van der Waals surface area (Å²) in [5.74, 6) is 0.326. The fourth-order valence-electron chi connectivity index (χ4n) is 2.87. The Hall–Kier alpha value is -3.59. The van der Waals surface area contributed by atoms with Gasteiger partial charge >= 0.3 is 5.69 Å². The molecule has 4 rings (SSSR count). The number of thiophene rings is 1.